The van der Waals surface area contributed by atoms with E-state index in [1.54, 1.807) is 11.8 Å². The van der Waals surface area contributed by atoms with Gasteiger partial charge >= 0.3 is 0 Å². The van der Waals surface area contributed by atoms with Crippen molar-refractivity contribution in [1.82, 2.24) is 0 Å². The van der Waals surface area contributed by atoms with Crippen molar-refractivity contribution >= 4 is 28.6 Å². The lowest BCUT2D eigenvalue weighted by Crippen LogP contribution is -2.13. The molecule has 0 aromatic heterocycles. The fraction of sp³-hybridized carbons (Fsp3) is 0.278. The van der Waals surface area contributed by atoms with E-state index in [0.717, 1.165) is 17.9 Å². The van der Waals surface area contributed by atoms with Crippen LogP contribution in [0.3, 0.4) is 0 Å². The zero-order valence-corrected chi connectivity index (χ0v) is 13.8. The van der Waals surface area contributed by atoms with Crippen LogP contribution in [0.25, 0.3) is 0 Å². The Morgan fingerprint density at radius 2 is 1.43 bits per heavy atom. The summed E-state index contributed by atoms with van der Waals surface area (Å²) in [6.07, 6.45) is 0.887. The van der Waals surface area contributed by atoms with E-state index in [4.69, 9.17) is 0 Å². The molecule has 2 aromatic carbocycles. The normalized spacial score (nSPS) is 12.0. The van der Waals surface area contributed by atoms with Crippen LogP contribution in [-0.2, 0) is 16.3 Å². The molecule has 0 bridgehead atoms. The highest BCUT2D eigenvalue weighted by atomic mass is 32.2. The van der Waals surface area contributed by atoms with Gasteiger partial charge in [0.15, 0.2) is 0 Å². The fourth-order valence-electron chi connectivity index (χ4n) is 1.95. The molecule has 0 aliphatic heterocycles. The molecule has 1 atom stereocenters. The van der Waals surface area contributed by atoms with Crippen LogP contribution in [0.5, 0.6) is 0 Å². The minimum absolute atomic E-state index is 0.0823. The van der Waals surface area contributed by atoms with Crippen molar-refractivity contribution < 1.29 is 4.79 Å². The third-order valence-electron chi connectivity index (χ3n) is 3.15. The first-order valence-electron chi connectivity index (χ1n) is 7.15. The van der Waals surface area contributed by atoms with Gasteiger partial charge in [-0.2, -0.15) is 0 Å². The van der Waals surface area contributed by atoms with Crippen molar-refractivity contribution in [1.29, 1.82) is 0 Å². The van der Waals surface area contributed by atoms with E-state index in [0.29, 0.717) is 5.12 Å². The standard InChI is InChI=1S/C18H20OS2/c1-2-17(20-13-15-9-5-3-6-10-15)18(19)21-14-16-11-7-4-8-12-16/h3-12,17H,2,13-14H2,1H3. The van der Waals surface area contributed by atoms with Crippen molar-refractivity contribution in [3.8, 4) is 0 Å². The van der Waals surface area contributed by atoms with Gasteiger partial charge in [-0.25, -0.2) is 0 Å². The van der Waals surface area contributed by atoms with Gasteiger partial charge < -0.3 is 0 Å². The van der Waals surface area contributed by atoms with Crippen LogP contribution in [0, 0.1) is 0 Å². The zero-order chi connectivity index (χ0) is 14.9. The lowest BCUT2D eigenvalue weighted by molar-refractivity contribution is -0.110. The Hall–Kier alpha value is -1.19. The Labute approximate surface area is 135 Å². The first kappa shape index (κ1) is 16.2. The molecule has 0 saturated heterocycles. The third kappa shape index (κ3) is 5.60. The molecule has 21 heavy (non-hydrogen) atoms. The zero-order valence-electron chi connectivity index (χ0n) is 12.2. The molecule has 2 aromatic rings. The molecule has 0 radical (unpaired) electrons. The minimum atomic E-state index is 0.0823. The molecule has 3 heteroatoms. The number of carbonyl (C=O) groups excluding carboxylic acids is 1. The number of rotatable bonds is 7. The second-order valence-corrected chi connectivity index (χ2v) is 6.96. The van der Waals surface area contributed by atoms with E-state index in [9.17, 15) is 4.79 Å². The van der Waals surface area contributed by atoms with E-state index in [2.05, 4.69) is 31.2 Å². The number of benzene rings is 2. The molecule has 110 valence electrons. The summed E-state index contributed by atoms with van der Waals surface area (Å²) in [5, 5.41) is 0.376. The third-order valence-corrected chi connectivity index (χ3v) is 5.80. The number of thioether (sulfide) groups is 2. The monoisotopic (exact) mass is 316 g/mol. The van der Waals surface area contributed by atoms with Crippen LogP contribution in [-0.4, -0.2) is 10.4 Å². The molecule has 0 amide bonds. The fourth-order valence-corrected chi connectivity index (χ4v) is 4.17. The van der Waals surface area contributed by atoms with Crippen LogP contribution in [0.1, 0.15) is 24.5 Å². The highest BCUT2D eigenvalue weighted by molar-refractivity contribution is 8.15. The Morgan fingerprint density at radius 1 is 0.905 bits per heavy atom. The molecule has 1 nitrogen and oxygen atoms in total. The second kappa shape index (κ2) is 8.96. The first-order valence-corrected chi connectivity index (χ1v) is 9.19. The molecule has 0 heterocycles. The Balaban J connectivity index is 1.81. The summed E-state index contributed by atoms with van der Waals surface area (Å²) in [5.74, 6) is 1.67. The molecule has 2 rings (SSSR count). The van der Waals surface area contributed by atoms with Crippen molar-refractivity contribution in [2.45, 2.75) is 30.1 Å². The van der Waals surface area contributed by atoms with E-state index in [1.807, 2.05) is 36.4 Å². The van der Waals surface area contributed by atoms with Crippen LogP contribution < -0.4 is 0 Å². The summed E-state index contributed by atoms with van der Waals surface area (Å²) >= 11 is 3.19. The van der Waals surface area contributed by atoms with Gasteiger partial charge in [-0.3, -0.25) is 4.79 Å². The first-order chi connectivity index (χ1) is 10.3. The molecule has 0 fully saturated rings. The predicted octanol–water partition coefficient (Wildman–Crippen LogP) is 5.16. The van der Waals surface area contributed by atoms with E-state index < -0.39 is 0 Å². The topological polar surface area (TPSA) is 17.1 Å². The molecular weight excluding hydrogens is 296 g/mol. The Morgan fingerprint density at radius 3 is 1.95 bits per heavy atom. The molecule has 0 saturated carbocycles. The molecule has 0 aliphatic rings. The quantitative estimate of drug-likeness (QED) is 0.702. The maximum atomic E-state index is 12.3. The van der Waals surface area contributed by atoms with Crippen molar-refractivity contribution in [2.24, 2.45) is 0 Å². The van der Waals surface area contributed by atoms with Crippen molar-refractivity contribution in [2.75, 3.05) is 0 Å². The van der Waals surface area contributed by atoms with Gasteiger partial charge in [0.05, 0.1) is 5.25 Å². The summed E-state index contributed by atoms with van der Waals surface area (Å²) in [6, 6.07) is 20.5. The van der Waals surface area contributed by atoms with Crippen LogP contribution >= 0.6 is 23.5 Å². The maximum absolute atomic E-state index is 12.3. The van der Waals surface area contributed by atoms with Gasteiger partial charge in [0.25, 0.3) is 0 Å². The lowest BCUT2D eigenvalue weighted by atomic mass is 10.2. The van der Waals surface area contributed by atoms with Gasteiger partial charge in [0.1, 0.15) is 0 Å². The summed E-state index contributed by atoms with van der Waals surface area (Å²) in [6.45, 7) is 2.09. The van der Waals surface area contributed by atoms with E-state index in [1.165, 1.54) is 22.9 Å². The summed E-state index contributed by atoms with van der Waals surface area (Å²) < 4.78 is 0. The number of hydrogen-bond donors (Lipinski definition) is 0. The van der Waals surface area contributed by atoms with Crippen molar-refractivity contribution in [3.05, 3.63) is 71.8 Å². The van der Waals surface area contributed by atoms with Crippen LogP contribution in [0.2, 0.25) is 0 Å². The second-order valence-electron chi connectivity index (χ2n) is 4.79. The van der Waals surface area contributed by atoms with Gasteiger partial charge in [-0.05, 0) is 17.5 Å². The summed E-state index contributed by atoms with van der Waals surface area (Å²) in [4.78, 5) is 12.3. The van der Waals surface area contributed by atoms with Gasteiger partial charge in [-0.1, -0.05) is 79.3 Å². The number of carbonyl (C=O) groups is 1. The van der Waals surface area contributed by atoms with Crippen LogP contribution in [0.4, 0.5) is 0 Å². The average Bonchev–Trinajstić information content (AvgIpc) is 2.55. The summed E-state index contributed by atoms with van der Waals surface area (Å²) in [7, 11) is 0. The maximum Gasteiger partial charge on any atom is 0.202 e. The largest absolute Gasteiger partial charge is 0.286 e. The SMILES string of the molecule is CCC(SCc1ccccc1)C(=O)SCc1ccccc1. The van der Waals surface area contributed by atoms with Gasteiger partial charge in [-0.15, -0.1) is 11.8 Å². The minimum Gasteiger partial charge on any atom is -0.286 e. The lowest BCUT2D eigenvalue weighted by Gasteiger charge is -2.13. The van der Waals surface area contributed by atoms with E-state index >= 15 is 0 Å². The Kier molecular flexibility index (Phi) is 6.90. The van der Waals surface area contributed by atoms with Gasteiger partial charge in [0.2, 0.25) is 5.12 Å². The molecular formula is C18H20OS2. The molecule has 0 N–H and O–H groups in total. The number of hydrogen-bond acceptors (Lipinski definition) is 3. The molecule has 0 spiro atoms. The predicted molar refractivity (Wildman–Crippen MR) is 94.6 cm³/mol. The molecule has 1 unspecified atom stereocenters. The van der Waals surface area contributed by atoms with E-state index in [-0.39, 0.29) is 5.25 Å². The van der Waals surface area contributed by atoms with Gasteiger partial charge in [0, 0.05) is 11.5 Å². The molecule has 0 aliphatic carbocycles. The summed E-state index contributed by atoms with van der Waals surface area (Å²) in [5.41, 5.74) is 2.49. The highest BCUT2D eigenvalue weighted by Crippen LogP contribution is 2.26. The highest BCUT2D eigenvalue weighted by Gasteiger charge is 2.17. The van der Waals surface area contributed by atoms with Crippen molar-refractivity contribution in [3.63, 3.8) is 0 Å². The van der Waals surface area contributed by atoms with Crippen LogP contribution in [0.15, 0.2) is 60.7 Å². The Bertz CT molecular complexity index is 540. The smallest absolute Gasteiger partial charge is 0.202 e. The average molecular weight is 316 g/mol.